The first-order chi connectivity index (χ1) is 8.70. The van der Waals surface area contributed by atoms with Crippen LogP contribution in [0.5, 0.6) is 0 Å². The minimum absolute atomic E-state index is 0.0327. The van der Waals surface area contributed by atoms with E-state index >= 15 is 0 Å². The predicted molar refractivity (Wildman–Crippen MR) is 72.6 cm³/mol. The van der Waals surface area contributed by atoms with E-state index in [4.69, 9.17) is 0 Å². The van der Waals surface area contributed by atoms with Crippen LogP contribution >= 0.6 is 0 Å². The van der Waals surface area contributed by atoms with E-state index in [1.807, 2.05) is 6.92 Å². The molecule has 0 radical (unpaired) electrons. The summed E-state index contributed by atoms with van der Waals surface area (Å²) < 4.78 is 0. The largest absolute Gasteiger partial charge is 0.480 e. The number of carboxylic acid groups (broad SMARTS) is 1. The van der Waals surface area contributed by atoms with E-state index in [2.05, 4.69) is 0 Å². The first kappa shape index (κ1) is 14.9. The summed E-state index contributed by atoms with van der Waals surface area (Å²) in [4.78, 5) is 23.4. The van der Waals surface area contributed by atoms with Crippen molar-refractivity contribution >= 4 is 17.3 Å². The second-order valence-corrected chi connectivity index (χ2v) is 4.89. The van der Waals surface area contributed by atoms with Gasteiger partial charge >= 0.3 is 5.97 Å². The summed E-state index contributed by atoms with van der Waals surface area (Å²) in [5.41, 5.74) is 0.108. The minimum Gasteiger partial charge on any atom is -0.480 e. The van der Waals surface area contributed by atoms with E-state index in [0.29, 0.717) is 12.2 Å². The molecule has 0 aliphatic carbocycles. The molecule has 0 saturated carbocycles. The van der Waals surface area contributed by atoms with Gasteiger partial charge in [-0.15, -0.1) is 0 Å². The Morgan fingerprint density at radius 3 is 2.42 bits per heavy atom. The number of carbonyl (C=O) groups is 1. The smallest absolute Gasteiger partial charge is 0.328 e. The Bertz CT molecular complexity index is 511. The third-order valence-corrected chi connectivity index (χ3v) is 3.08. The van der Waals surface area contributed by atoms with Gasteiger partial charge in [-0.2, -0.15) is 0 Å². The van der Waals surface area contributed by atoms with Gasteiger partial charge < -0.3 is 10.0 Å². The lowest BCUT2D eigenvalue weighted by Crippen LogP contribution is -2.50. The van der Waals surface area contributed by atoms with Crippen LogP contribution in [0.2, 0.25) is 0 Å². The number of rotatable bonds is 5. The van der Waals surface area contributed by atoms with Gasteiger partial charge in [0.2, 0.25) is 0 Å². The molecule has 0 aromatic heterocycles. The number of aliphatic carboxylic acids is 1. The summed E-state index contributed by atoms with van der Waals surface area (Å²) >= 11 is 0. The van der Waals surface area contributed by atoms with E-state index in [1.54, 1.807) is 31.7 Å². The Hall–Kier alpha value is -2.11. The molecule has 0 unspecified atom stereocenters. The Kier molecular flexibility index (Phi) is 4.14. The van der Waals surface area contributed by atoms with Crippen LogP contribution in [-0.2, 0) is 4.79 Å². The fourth-order valence-electron chi connectivity index (χ4n) is 2.02. The van der Waals surface area contributed by atoms with Crippen molar-refractivity contribution in [3.05, 3.63) is 33.9 Å². The lowest BCUT2D eigenvalue weighted by Gasteiger charge is -2.36. The van der Waals surface area contributed by atoms with Crippen LogP contribution in [0.3, 0.4) is 0 Å². The number of non-ortho nitro benzene ring substituents is 1. The van der Waals surface area contributed by atoms with E-state index in [-0.39, 0.29) is 5.69 Å². The average Bonchev–Trinajstić information content (AvgIpc) is 2.28. The molecule has 0 saturated heterocycles. The number of hydrogen-bond acceptors (Lipinski definition) is 4. The zero-order chi connectivity index (χ0) is 14.8. The number of nitro benzene ring substituents is 1. The second-order valence-electron chi connectivity index (χ2n) is 4.89. The average molecular weight is 266 g/mol. The number of carboxylic acids is 1. The molecule has 0 fully saturated rings. The third-order valence-electron chi connectivity index (χ3n) is 3.08. The maximum Gasteiger partial charge on any atom is 0.328 e. The number of anilines is 1. The first-order valence-electron chi connectivity index (χ1n) is 5.97. The summed E-state index contributed by atoms with van der Waals surface area (Å²) in [6, 6.07) is 4.62. The Labute approximate surface area is 111 Å². The molecule has 0 bridgehead atoms. The lowest BCUT2D eigenvalue weighted by molar-refractivity contribution is -0.384. The highest BCUT2D eigenvalue weighted by atomic mass is 16.6. The molecular weight excluding hydrogens is 248 g/mol. The van der Waals surface area contributed by atoms with Crippen molar-refractivity contribution < 1.29 is 14.8 Å². The van der Waals surface area contributed by atoms with Gasteiger partial charge in [-0.05, 0) is 39.3 Å². The van der Waals surface area contributed by atoms with Gasteiger partial charge in [-0.1, -0.05) is 0 Å². The normalized spacial score (nSPS) is 11.2. The van der Waals surface area contributed by atoms with Crippen molar-refractivity contribution in [3.63, 3.8) is 0 Å². The molecule has 1 rings (SSSR count). The van der Waals surface area contributed by atoms with Crippen molar-refractivity contribution in [3.8, 4) is 0 Å². The lowest BCUT2D eigenvalue weighted by atomic mass is 10.0. The van der Waals surface area contributed by atoms with Crippen molar-refractivity contribution in [1.29, 1.82) is 0 Å². The molecule has 6 heteroatoms. The van der Waals surface area contributed by atoms with Gasteiger partial charge in [-0.3, -0.25) is 10.1 Å². The first-order valence-corrected chi connectivity index (χ1v) is 5.97. The van der Waals surface area contributed by atoms with Gasteiger partial charge in [0, 0.05) is 24.4 Å². The van der Waals surface area contributed by atoms with E-state index < -0.39 is 16.4 Å². The Morgan fingerprint density at radius 2 is 2.00 bits per heavy atom. The minimum atomic E-state index is -1.13. The SMILES string of the molecule is CCN(c1cc(C)cc([N+](=O)[O-])c1)C(C)(C)C(=O)O. The second kappa shape index (κ2) is 5.26. The third kappa shape index (κ3) is 3.01. The van der Waals surface area contributed by atoms with Crippen molar-refractivity contribution in [2.75, 3.05) is 11.4 Å². The Balaban J connectivity index is 3.34. The quantitative estimate of drug-likeness (QED) is 0.654. The summed E-state index contributed by atoms with van der Waals surface area (Å²) in [7, 11) is 0. The van der Waals surface area contributed by atoms with E-state index in [1.165, 1.54) is 12.1 Å². The number of likely N-dealkylation sites (N-methyl/N-ethyl adjacent to an activating group) is 1. The molecule has 6 nitrogen and oxygen atoms in total. The summed E-state index contributed by atoms with van der Waals surface area (Å²) in [5.74, 6) is -0.974. The molecule has 19 heavy (non-hydrogen) atoms. The standard InChI is InChI=1S/C13H18N2O4/c1-5-14(13(3,4)12(16)17)10-6-9(2)7-11(8-10)15(18)19/h6-8H,5H2,1-4H3,(H,16,17). The molecule has 1 N–H and O–H groups in total. The van der Waals surface area contributed by atoms with Gasteiger partial charge in [0.15, 0.2) is 0 Å². The maximum absolute atomic E-state index is 11.3. The van der Waals surface area contributed by atoms with Crippen molar-refractivity contribution in [2.45, 2.75) is 33.2 Å². The number of benzene rings is 1. The molecule has 104 valence electrons. The van der Waals surface area contributed by atoms with Gasteiger partial charge in [-0.25, -0.2) is 4.79 Å². The van der Waals surface area contributed by atoms with Crippen molar-refractivity contribution in [2.24, 2.45) is 0 Å². The fourth-order valence-corrected chi connectivity index (χ4v) is 2.02. The highest BCUT2D eigenvalue weighted by Crippen LogP contribution is 2.29. The summed E-state index contributed by atoms with van der Waals surface area (Å²) in [6.07, 6.45) is 0. The zero-order valence-electron chi connectivity index (χ0n) is 11.5. The van der Waals surface area contributed by atoms with Gasteiger partial charge in [0.25, 0.3) is 5.69 Å². The number of aryl methyl sites for hydroxylation is 1. The molecule has 0 amide bonds. The van der Waals surface area contributed by atoms with E-state index in [0.717, 1.165) is 5.56 Å². The molecule has 0 atom stereocenters. The van der Waals surface area contributed by atoms with Crippen LogP contribution in [0.25, 0.3) is 0 Å². The zero-order valence-corrected chi connectivity index (χ0v) is 11.5. The molecule has 0 heterocycles. The highest BCUT2D eigenvalue weighted by Gasteiger charge is 2.34. The van der Waals surface area contributed by atoms with Crippen LogP contribution in [0.1, 0.15) is 26.3 Å². The van der Waals surface area contributed by atoms with Crippen LogP contribution < -0.4 is 4.90 Å². The summed E-state index contributed by atoms with van der Waals surface area (Å²) in [5, 5.41) is 20.1. The van der Waals surface area contributed by atoms with Crippen LogP contribution in [-0.4, -0.2) is 28.1 Å². The highest BCUT2D eigenvalue weighted by molar-refractivity contribution is 5.83. The molecule has 0 aliphatic rings. The van der Waals surface area contributed by atoms with Crippen molar-refractivity contribution in [1.82, 2.24) is 0 Å². The number of hydrogen-bond donors (Lipinski definition) is 1. The van der Waals surface area contributed by atoms with Crippen LogP contribution in [0.15, 0.2) is 18.2 Å². The molecule has 1 aromatic rings. The van der Waals surface area contributed by atoms with Crippen LogP contribution in [0.4, 0.5) is 11.4 Å². The monoisotopic (exact) mass is 266 g/mol. The molecule has 0 aliphatic heterocycles. The molecule has 0 spiro atoms. The van der Waals surface area contributed by atoms with Gasteiger partial charge in [0.1, 0.15) is 5.54 Å². The fraction of sp³-hybridized carbons (Fsp3) is 0.462. The number of nitro groups is 1. The van der Waals surface area contributed by atoms with Gasteiger partial charge in [0.05, 0.1) is 4.92 Å². The summed E-state index contributed by atoms with van der Waals surface area (Å²) in [6.45, 7) is 7.16. The molecule has 1 aromatic carbocycles. The topological polar surface area (TPSA) is 83.7 Å². The molecular formula is C13H18N2O4. The number of nitrogens with zero attached hydrogens (tertiary/aromatic N) is 2. The predicted octanol–water partition coefficient (Wildman–Crippen LogP) is 2.59. The maximum atomic E-state index is 11.3. The van der Waals surface area contributed by atoms with E-state index in [9.17, 15) is 20.0 Å². The van der Waals surface area contributed by atoms with Crippen LogP contribution in [0, 0.1) is 17.0 Å². The Morgan fingerprint density at radius 1 is 1.42 bits per heavy atom.